The van der Waals surface area contributed by atoms with Gasteiger partial charge in [0.25, 0.3) is 0 Å². The van der Waals surface area contributed by atoms with Crippen molar-refractivity contribution < 1.29 is 14.3 Å². The topological polar surface area (TPSA) is 62.7 Å². The monoisotopic (exact) mass is 379 g/mol. The molecule has 2 saturated heterocycles. The van der Waals surface area contributed by atoms with Gasteiger partial charge in [-0.3, -0.25) is 9.59 Å². The first kappa shape index (κ1) is 19.3. The van der Waals surface area contributed by atoms with Crippen LogP contribution >= 0.6 is 11.3 Å². The molecule has 3 rings (SSSR count). The van der Waals surface area contributed by atoms with E-state index in [2.05, 4.69) is 4.98 Å². The Bertz CT molecular complexity index is 638. The molecule has 1 spiro atoms. The number of likely N-dealkylation sites (tertiary alicyclic amines) is 2. The lowest BCUT2D eigenvalue weighted by molar-refractivity contribution is -0.143. The minimum absolute atomic E-state index is 0.187. The summed E-state index contributed by atoms with van der Waals surface area (Å²) in [5.41, 5.74) is 3.08. The highest BCUT2D eigenvalue weighted by atomic mass is 32.1. The van der Waals surface area contributed by atoms with Crippen LogP contribution in [0.5, 0.6) is 0 Å². The quantitative estimate of drug-likeness (QED) is 0.761. The zero-order chi connectivity index (χ0) is 18.6. The summed E-state index contributed by atoms with van der Waals surface area (Å²) in [6.07, 6.45) is 4.93. The third-order valence-electron chi connectivity index (χ3n) is 5.90. The number of carbonyl (C=O) groups is 2. The summed E-state index contributed by atoms with van der Waals surface area (Å²) in [6, 6.07) is 0. The highest BCUT2D eigenvalue weighted by Crippen LogP contribution is 2.40. The van der Waals surface area contributed by atoms with E-state index in [1.807, 2.05) is 22.2 Å². The van der Waals surface area contributed by atoms with Gasteiger partial charge < -0.3 is 14.5 Å². The predicted molar refractivity (Wildman–Crippen MR) is 101 cm³/mol. The van der Waals surface area contributed by atoms with E-state index in [0.717, 1.165) is 51.0 Å². The fourth-order valence-electron chi connectivity index (χ4n) is 4.09. The van der Waals surface area contributed by atoms with Crippen LogP contribution in [0, 0.1) is 12.3 Å². The van der Waals surface area contributed by atoms with Gasteiger partial charge in [0.15, 0.2) is 0 Å². The number of thiazole rings is 1. The molecule has 1 aromatic heterocycles. The van der Waals surface area contributed by atoms with Gasteiger partial charge in [0, 0.05) is 51.0 Å². The Morgan fingerprint density at radius 1 is 1.35 bits per heavy atom. The third-order valence-corrected chi connectivity index (χ3v) is 6.90. The highest BCUT2D eigenvalue weighted by molar-refractivity contribution is 7.09. The lowest BCUT2D eigenvalue weighted by Crippen LogP contribution is -2.52. The molecule has 7 heteroatoms. The summed E-state index contributed by atoms with van der Waals surface area (Å²) in [5.74, 6) is 0.488. The van der Waals surface area contributed by atoms with Crippen molar-refractivity contribution in [1.29, 1.82) is 0 Å². The Balaban J connectivity index is 1.49. The van der Waals surface area contributed by atoms with Crippen LogP contribution in [-0.2, 0) is 20.7 Å². The number of hydrogen-bond donors (Lipinski definition) is 0. The molecular formula is C19H29N3O3S. The summed E-state index contributed by atoms with van der Waals surface area (Å²) < 4.78 is 5.13. The number of rotatable bonds is 6. The zero-order valence-corrected chi connectivity index (χ0v) is 16.6. The van der Waals surface area contributed by atoms with Gasteiger partial charge in [-0.2, -0.15) is 0 Å². The standard InChI is InChI=1S/C19H29N3O3S/c1-15-16(26-14-20-15)3-4-17(23)21-9-7-19(8-10-21)6-5-18(24)22(13-19)11-12-25-2/h14H,3-13H2,1-2H3. The number of methoxy groups -OCH3 is 1. The van der Waals surface area contributed by atoms with E-state index in [9.17, 15) is 9.59 Å². The van der Waals surface area contributed by atoms with Crippen molar-refractivity contribution in [3.8, 4) is 0 Å². The van der Waals surface area contributed by atoms with Crippen LogP contribution in [0.15, 0.2) is 5.51 Å². The van der Waals surface area contributed by atoms with Gasteiger partial charge in [-0.05, 0) is 38.0 Å². The van der Waals surface area contributed by atoms with Gasteiger partial charge in [0.1, 0.15) is 0 Å². The fraction of sp³-hybridized carbons (Fsp3) is 0.737. The van der Waals surface area contributed by atoms with E-state index >= 15 is 0 Å². The number of aromatic nitrogens is 1. The summed E-state index contributed by atoms with van der Waals surface area (Å²) in [5, 5.41) is 0. The molecule has 0 saturated carbocycles. The molecular weight excluding hydrogens is 350 g/mol. The lowest BCUT2D eigenvalue weighted by atomic mass is 9.72. The van der Waals surface area contributed by atoms with E-state index < -0.39 is 0 Å². The van der Waals surface area contributed by atoms with E-state index in [1.165, 1.54) is 4.88 Å². The van der Waals surface area contributed by atoms with Crippen LogP contribution in [-0.4, -0.2) is 66.5 Å². The van der Waals surface area contributed by atoms with Gasteiger partial charge in [0.2, 0.25) is 11.8 Å². The molecule has 0 aliphatic carbocycles. The van der Waals surface area contributed by atoms with Crippen LogP contribution in [0.1, 0.15) is 42.7 Å². The van der Waals surface area contributed by atoms with Gasteiger partial charge in [-0.25, -0.2) is 4.98 Å². The summed E-state index contributed by atoms with van der Waals surface area (Å²) >= 11 is 1.63. The zero-order valence-electron chi connectivity index (χ0n) is 15.8. The van der Waals surface area contributed by atoms with E-state index in [1.54, 1.807) is 18.4 Å². The maximum absolute atomic E-state index is 12.6. The Morgan fingerprint density at radius 3 is 2.77 bits per heavy atom. The first-order valence-corrected chi connectivity index (χ1v) is 10.3. The Hall–Kier alpha value is -1.47. The average molecular weight is 380 g/mol. The lowest BCUT2D eigenvalue weighted by Gasteiger charge is -2.47. The molecule has 0 unspecified atom stereocenters. The normalized spacial score (nSPS) is 20.0. The van der Waals surface area contributed by atoms with Gasteiger partial charge in [-0.1, -0.05) is 0 Å². The maximum atomic E-state index is 12.6. The molecule has 26 heavy (non-hydrogen) atoms. The number of ether oxygens (including phenoxy) is 1. The second-order valence-corrected chi connectivity index (χ2v) is 8.49. The molecule has 3 heterocycles. The van der Waals surface area contributed by atoms with Crippen LogP contribution in [0.4, 0.5) is 0 Å². The number of amides is 2. The summed E-state index contributed by atoms with van der Waals surface area (Å²) in [4.78, 5) is 34.1. The molecule has 1 aromatic rings. The predicted octanol–water partition coefficient (Wildman–Crippen LogP) is 2.26. The third kappa shape index (κ3) is 4.43. The molecule has 0 atom stereocenters. The minimum atomic E-state index is 0.187. The van der Waals surface area contributed by atoms with Crippen LogP contribution in [0.2, 0.25) is 0 Å². The summed E-state index contributed by atoms with van der Waals surface area (Å²) in [6.45, 7) is 5.70. The Labute approximate surface area is 159 Å². The highest BCUT2D eigenvalue weighted by Gasteiger charge is 2.41. The van der Waals surface area contributed by atoms with Crippen molar-refractivity contribution in [1.82, 2.24) is 14.8 Å². The molecule has 2 amide bonds. The van der Waals surface area contributed by atoms with Crippen molar-refractivity contribution >= 4 is 23.2 Å². The Kier molecular flexibility index (Phi) is 6.29. The maximum Gasteiger partial charge on any atom is 0.222 e. The second kappa shape index (κ2) is 8.48. The van der Waals surface area contributed by atoms with E-state index in [0.29, 0.717) is 26.0 Å². The average Bonchev–Trinajstić information content (AvgIpc) is 3.06. The molecule has 0 aromatic carbocycles. The molecule has 2 fully saturated rings. The van der Waals surface area contributed by atoms with Crippen molar-refractivity contribution in [3.63, 3.8) is 0 Å². The van der Waals surface area contributed by atoms with Crippen LogP contribution < -0.4 is 0 Å². The minimum Gasteiger partial charge on any atom is -0.383 e. The Morgan fingerprint density at radius 2 is 2.12 bits per heavy atom. The number of hydrogen-bond acceptors (Lipinski definition) is 5. The van der Waals surface area contributed by atoms with Crippen molar-refractivity contribution in [2.45, 2.75) is 45.4 Å². The van der Waals surface area contributed by atoms with Gasteiger partial charge >= 0.3 is 0 Å². The molecule has 144 valence electrons. The van der Waals surface area contributed by atoms with Crippen molar-refractivity contribution in [3.05, 3.63) is 16.1 Å². The van der Waals surface area contributed by atoms with Crippen molar-refractivity contribution in [2.24, 2.45) is 5.41 Å². The van der Waals surface area contributed by atoms with Gasteiger partial charge in [-0.15, -0.1) is 11.3 Å². The number of aryl methyl sites for hydroxylation is 2. The van der Waals surface area contributed by atoms with Crippen molar-refractivity contribution in [2.75, 3.05) is 39.9 Å². The SMILES string of the molecule is COCCN1CC2(CCC1=O)CCN(C(=O)CCc1scnc1C)CC2. The van der Waals surface area contributed by atoms with E-state index in [-0.39, 0.29) is 17.2 Å². The van der Waals surface area contributed by atoms with E-state index in [4.69, 9.17) is 4.74 Å². The smallest absolute Gasteiger partial charge is 0.222 e. The molecule has 6 nitrogen and oxygen atoms in total. The molecule has 0 N–H and O–H groups in total. The first-order chi connectivity index (χ1) is 12.5. The first-order valence-electron chi connectivity index (χ1n) is 9.46. The number of piperidine rings is 2. The molecule has 2 aliphatic heterocycles. The number of nitrogens with zero attached hydrogens (tertiary/aromatic N) is 3. The molecule has 0 radical (unpaired) electrons. The largest absolute Gasteiger partial charge is 0.383 e. The number of carbonyl (C=O) groups excluding carboxylic acids is 2. The summed E-state index contributed by atoms with van der Waals surface area (Å²) in [7, 11) is 1.67. The fourth-order valence-corrected chi connectivity index (χ4v) is 4.87. The molecule has 2 aliphatic rings. The van der Waals surface area contributed by atoms with Crippen LogP contribution in [0.25, 0.3) is 0 Å². The molecule has 0 bridgehead atoms. The van der Waals surface area contributed by atoms with Crippen LogP contribution in [0.3, 0.4) is 0 Å². The van der Waals surface area contributed by atoms with Gasteiger partial charge in [0.05, 0.1) is 17.8 Å². The second-order valence-electron chi connectivity index (χ2n) is 7.55.